The third-order valence-electron chi connectivity index (χ3n) is 5.36. The zero-order valence-electron chi connectivity index (χ0n) is 18.7. The topological polar surface area (TPSA) is 71.0 Å². The molecule has 0 bridgehead atoms. The summed E-state index contributed by atoms with van der Waals surface area (Å²) >= 11 is 0. The molecule has 1 aliphatic rings. The average molecular weight is 426 g/mol. The van der Waals surface area contributed by atoms with Crippen molar-refractivity contribution in [3.63, 3.8) is 0 Å². The monoisotopic (exact) mass is 425 g/mol. The van der Waals surface area contributed by atoms with Crippen LogP contribution >= 0.6 is 0 Å². The normalized spacial score (nSPS) is 15.6. The molecule has 0 saturated carbocycles. The van der Waals surface area contributed by atoms with Crippen molar-refractivity contribution >= 4 is 5.96 Å². The van der Waals surface area contributed by atoms with Gasteiger partial charge in [0.25, 0.3) is 0 Å². The van der Waals surface area contributed by atoms with Crippen molar-refractivity contribution in [1.82, 2.24) is 20.5 Å². The van der Waals surface area contributed by atoms with Crippen LogP contribution in [0.4, 0.5) is 0 Å². The van der Waals surface area contributed by atoms with Crippen LogP contribution in [0.5, 0.6) is 5.88 Å². The lowest BCUT2D eigenvalue weighted by molar-refractivity contribution is 0.143. The second-order valence-corrected chi connectivity index (χ2v) is 7.55. The van der Waals surface area contributed by atoms with Crippen LogP contribution < -0.4 is 15.4 Å². The fourth-order valence-corrected chi connectivity index (χ4v) is 3.78. The molecule has 7 heteroatoms. The van der Waals surface area contributed by atoms with Crippen molar-refractivity contribution in [3.05, 3.63) is 59.8 Å². The SMILES string of the molecule is CCNC(=NCc1cccnc1OCCOC)NCC(c1ccccc1)N1CCCC1. The lowest BCUT2D eigenvalue weighted by Gasteiger charge is -2.29. The zero-order valence-corrected chi connectivity index (χ0v) is 18.7. The number of aromatic nitrogens is 1. The minimum absolute atomic E-state index is 0.332. The maximum Gasteiger partial charge on any atom is 0.218 e. The summed E-state index contributed by atoms with van der Waals surface area (Å²) in [5.74, 6) is 1.41. The summed E-state index contributed by atoms with van der Waals surface area (Å²) < 4.78 is 10.8. The van der Waals surface area contributed by atoms with Gasteiger partial charge in [-0.2, -0.15) is 0 Å². The lowest BCUT2D eigenvalue weighted by Crippen LogP contribution is -2.42. The van der Waals surface area contributed by atoms with E-state index in [1.165, 1.54) is 18.4 Å². The molecule has 1 aromatic carbocycles. The summed E-state index contributed by atoms with van der Waals surface area (Å²) in [6.45, 7) is 7.47. The maximum absolute atomic E-state index is 5.74. The number of ether oxygens (including phenoxy) is 2. The van der Waals surface area contributed by atoms with Crippen LogP contribution in [0.3, 0.4) is 0 Å². The van der Waals surface area contributed by atoms with Gasteiger partial charge in [0.05, 0.1) is 19.2 Å². The van der Waals surface area contributed by atoms with E-state index in [0.717, 1.165) is 37.7 Å². The van der Waals surface area contributed by atoms with Crippen molar-refractivity contribution in [3.8, 4) is 5.88 Å². The smallest absolute Gasteiger partial charge is 0.218 e. The van der Waals surface area contributed by atoms with Crippen LogP contribution in [0.15, 0.2) is 53.7 Å². The predicted molar refractivity (Wildman–Crippen MR) is 124 cm³/mol. The zero-order chi connectivity index (χ0) is 21.7. The van der Waals surface area contributed by atoms with Crippen LogP contribution in [0.25, 0.3) is 0 Å². The molecule has 0 aliphatic carbocycles. The predicted octanol–water partition coefficient (Wildman–Crippen LogP) is 3.00. The van der Waals surface area contributed by atoms with Crippen molar-refractivity contribution in [2.75, 3.05) is 46.5 Å². The Morgan fingerprint density at radius 1 is 1.10 bits per heavy atom. The van der Waals surface area contributed by atoms with Gasteiger partial charge in [0, 0.05) is 32.0 Å². The highest BCUT2D eigenvalue weighted by atomic mass is 16.5. The summed E-state index contributed by atoms with van der Waals surface area (Å²) in [5.41, 5.74) is 2.30. The van der Waals surface area contributed by atoms with Crippen LogP contribution in [0.1, 0.15) is 36.9 Å². The number of aliphatic imine (C=N–C) groups is 1. The number of likely N-dealkylation sites (tertiary alicyclic amines) is 1. The lowest BCUT2D eigenvalue weighted by atomic mass is 10.1. The van der Waals surface area contributed by atoms with Gasteiger partial charge >= 0.3 is 0 Å². The van der Waals surface area contributed by atoms with Crippen LogP contribution in [0.2, 0.25) is 0 Å². The molecule has 0 amide bonds. The first-order chi connectivity index (χ1) is 15.3. The van der Waals surface area contributed by atoms with Gasteiger partial charge in [0.1, 0.15) is 6.61 Å². The highest BCUT2D eigenvalue weighted by molar-refractivity contribution is 5.79. The Bertz CT molecular complexity index is 794. The number of nitrogens with zero attached hydrogens (tertiary/aromatic N) is 3. The molecule has 7 nitrogen and oxygen atoms in total. The minimum Gasteiger partial charge on any atom is -0.475 e. The van der Waals surface area contributed by atoms with Gasteiger partial charge in [-0.1, -0.05) is 36.4 Å². The highest BCUT2D eigenvalue weighted by Crippen LogP contribution is 2.24. The number of rotatable bonds is 11. The summed E-state index contributed by atoms with van der Waals surface area (Å²) in [6.07, 6.45) is 4.27. The quantitative estimate of drug-likeness (QED) is 0.328. The molecule has 2 aromatic rings. The molecule has 1 atom stereocenters. The van der Waals surface area contributed by atoms with Gasteiger partial charge in [-0.05, 0) is 44.5 Å². The Labute approximate surface area is 185 Å². The number of nitrogens with one attached hydrogen (secondary N) is 2. The van der Waals surface area contributed by atoms with Gasteiger partial charge in [0.2, 0.25) is 5.88 Å². The first kappa shape index (κ1) is 23.0. The molecular weight excluding hydrogens is 390 g/mol. The first-order valence-corrected chi connectivity index (χ1v) is 11.2. The molecule has 168 valence electrons. The molecule has 2 N–H and O–H groups in total. The van der Waals surface area contributed by atoms with E-state index in [2.05, 4.69) is 57.8 Å². The van der Waals surface area contributed by atoms with Gasteiger partial charge in [-0.15, -0.1) is 0 Å². The third kappa shape index (κ3) is 7.22. The van der Waals surface area contributed by atoms with Crippen molar-refractivity contribution in [1.29, 1.82) is 0 Å². The van der Waals surface area contributed by atoms with Gasteiger partial charge in [-0.25, -0.2) is 9.98 Å². The standard InChI is InChI=1S/C24H35N5O2/c1-3-25-24(27-18-21-12-9-13-26-23(21)31-17-16-30-2)28-19-22(29-14-7-8-15-29)20-10-5-4-6-11-20/h4-6,9-13,22H,3,7-8,14-19H2,1-2H3,(H2,25,27,28). The Kier molecular flexibility index (Phi) is 9.60. The molecule has 1 fully saturated rings. The highest BCUT2D eigenvalue weighted by Gasteiger charge is 2.23. The van der Waals surface area contributed by atoms with Crippen molar-refractivity contribution < 1.29 is 9.47 Å². The van der Waals surface area contributed by atoms with Gasteiger partial charge in [0.15, 0.2) is 5.96 Å². The fraction of sp³-hybridized carbons (Fsp3) is 0.500. The number of hydrogen-bond acceptors (Lipinski definition) is 5. The van der Waals surface area contributed by atoms with E-state index in [1.807, 2.05) is 12.1 Å². The molecule has 0 spiro atoms. The summed E-state index contributed by atoms with van der Waals surface area (Å²) in [5, 5.41) is 6.92. The van der Waals surface area contributed by atoms with Crippen LogP contribution in [0, 0.1) is 0 Å². The summed E-state index contributed by atoms with van der Waals surface area (Å²) in [6, 6.07) is 15.0. The van der Waals surface area contributed by atoms with E-state index in [0.29, 0.717) is 31.7 Å². The van der Waals surface area contributed by atoms with E-state index in [9.17, 15) is 0 Å². The van der Waals surface area contributed by atoms with Crippen LogP contribution in [-0.2, 0) is 11.3 Å². The second kappa shape index (κ2) is 12.9. The Balaban J connectivity index is 1.66. The third-order valence-corrected chi connectivity index (χ3v) is 5.36. The maximum atomic E-state index is 5.74. The van der Waals surface area contributed by atoms with Crippen molar-refractivity contribution in [2.45, 2.75) is 32.4 Å². The Hall–Kier alpha value is -2.64. The summed E-state index contributed by atoms with van der Waals surface area (Å²) in [4.78, 5) is 11.7. The van der Waals surface area contributed by atoms with E-state index in [4.69, 9.17) is 14.5 Å². The van der Waals surface area contributed by atoms with E-state index in [-0.39, 0.29) is 0 Å². The Morgan fingerprint density at radius 2 is 1.90 bits per heavy atom. The van der Waals surface area contributed by atoms with Crippen LogP contribution in [-0.4, -0.2) is 62.3 Å². The molecule has 0 radical (unpaired) electrons. The van der Waals surface area contributed by atoms with E-state index in [1.54, 1.807) is 13.3 Å². The molecule has 1 saturated heterocycles. The largest absolute Gasteiger partial charge is 0.475 e. The fourth-order valence-electron chi connectivity index (χ4n) is 3.78. The second-order valence-electron chi connectivity index (χ2n) is 7.55. The molecule has 2 heterocycles. The number of methoxy groups -OCH3 is 1. The Morgan fingerprint density at radius 3 is 2.65 bits per heavy atom. The molecule has 31 heavy (non-hydrogen) atoms. The van der Waals surface area contributed by atoms with Crippen molar-refractivity contribution in [2.24, 2.45) is 4.99 Å². The molecule has 1 unspecified atom stereocenters. The van der Waals surface area contributed by atoms with E-state index < -0.39 is 0 Å². The van der Waals surface area contributed by atoms with Gasteiger partial charge in [-0.3, -0.25) is 4.90 Å². The number of pyridine rings is 1. The minimum atomic E-state index is 0.332. The molecule has 1 aromatic heterocycles. The number of benzene rings is 1. The average Bonchev–Trinajstić information content (AvgIpc) is 3.34. The van der Waals surface area contributed by atoms with Gasteiger partial charge < -0.3 is 20.1 Å². The summed E-state index contributed by atoms with van der Waals surface area (Å²) in [7, 11) is 1.66. The van der Waals surface area contributed by atoms with E-state index >= 15 is 0 Å². The first-order valence-electron chi connectivity index (χ1n) is 11.2. The molecule has 1 aliphatic heterocycles. The molecule has 3 rings (SSSR count). The number of guanidine groups is 1. The molecular formula is C24H35N5O2. The number of hydrogen-bond donors (Lipinski definition) is 2.